The van der Waals surface area contributed by atoms with Crippen LogP contribution in [0.15, 0.2) is 53.9 Å². The first-order chi connectivity index (χ1) is 10.3. The Labute approximate surface area is 129 Å². The Balaban J connectivity index is 1.96. The second-order valence-electron chi connectivity index (χ2n) is 5.04. The van der Waals surface area contributed by atoms with Gasteiger partial charge in [-0.05, 0) is 42.8 Å². The highest BCUT2D eigenvalue weighted by Gasteiger charge is 2.28. The van der Waals surface area contributed by atoms with Crippen molar-refractivity contribution in [2.45, 2.75) is 18.9 Å². The van der Waals surface area contributed by atoms with Crippen LogP contribution in [0, 0.1) is 0 Å². The van der Waals surface area contributed by atoms with Gasteiger partial charge in [-0.1, -0.05) is 23.7 Å². The molecular weight excluding hydrogens is 284 g/mol. The van der Waals surface area contributed by atoms with Crippen LogP contribution in [0.3, 0.4) is 0 Å². The molecule has 4 nitrogen and oxygen atoms in total. The van der Waals surface area contributed by atoms with E-state index in [2.05, 4.69) is 11.1 Å². The zero-order chi connectivity index (χ0) is 14.7. The number of hydrogen-bond acceptors (Lipinski definition) is 4. The molecule has 3 rings (SSSR count). The number of nitrogens with zero attached hydrogens (tertiary/aromatic N) is 3. The number of halogens is 1. The van der Waals surface area contributed by atoms with E-state index in [1.165, 1.54) is 0 Å². The van der Waals surface area contributed by atoms with Gasteiger partial charge in [0.15, 0.2) is 0 Å². The summed E-state index contributed by atoms with van der Waals surface area (Å²) in [6.45, 7) is 0.613. The molecule has 1 unspecified atom stereocenters. The Morgan fingerprint density at radius 2 is 2.19 bits per heavy atom. The van der Waals surface area contributed by atoms with Gasteiger partial charge in [-0.25, -0.2) is 0 Å². The molecule has 1 aliphatic heterocycles. The van der Waals surface area contributed by atoms with Gasteiger partial charge in [-0.2, -0.15) is 5.10 Å². The Hall–Kier alpha value is -1.91. The summed E-state index contributed by atoms with van der Waals surface area (Å²) in [6.07, 6.45) is 5.36. The number of nitrogens with two attached hydrogens (primary N) is 1. The lowest BCUT2D eigenvalue weighted by Gasteiger charge is -2.23. The fraction of sp³-hybridized carbons (Fsp3) is 0.250. The fourth-order valence-corrected chi connectivity index (χ4v) is 2.76. The van der Waals surface area contributed by atoms with E-state index < -0.39 is 0 Å². The van der Waals surface area contributed by atoms with Crippen LogP contribution in [0.4, 0.5) is 5.69 Å². The van der Waals surface area contributed by atoms with Crippen molar-refractivity contribution in [2.75, 3.05) is 11.6 Å². The lowest BCUT2D eigenvalue weighted by Crippen LogP contribution is -2.18. The molecule has 0 saturated heterocycles. The monoisotopic (exact) mass is 300 g/mol. The number of anilines is 1. The van der Waals surface area contributed by atoms with Gasteiger partial charge in [-0.3, -0.25) is 9.99 Å². The minimum Gasteiger partial charge on any atom is -0.330 e. The molecule has 5 heteroatoms. The fourth-order valence-electron chi connectivity index (χ4n) is 2.58. The predicted molar refractivity (Wildman–Crippen MR) is 86.6 cm³/mol. The van der Waals surface area contributed by atoms with Gasteiger partial charge in [-0.15, -0.1) is 0 Å². The van der Waals surface area contributed by atoms with Gasteiger partial charge in [0.2, 0.25) is 0 Å². The van der Waals surface area contributed by atoms with Crippen molar-refractivity contribution in [3.8, 4) is 0 Å². The van der Waals surface area contributed by atoms with Crippen molar-refractivity contribution in [2.24, 2.45) is 10.8 Å². The van der Waals surface area contributed by atoms with E-state index in [0.717, 1.165) is 29.8 Å². The lowest BCUT2D eigenvalue weighted by molar-refractivity contribution is 0.704. The van der Waals surface area contributed by atoms with Crippen LogP contribution >= 0.6 is 11.6 Å². The van der Waals surface area contributed by atoms with E-state index in [1.54, 1.807) is 6.20 Å². The van der Waals surface area contributed by atoms with Crippen LogP contribution in [-0.2, 0) is 0 Å². The van der Waals surface area contributed by atoms with Crippen LogP contribution in [0.5, 0.6) is 0 Å². The molecule has 2 heterocycles. The molecule has 1 aromatic carbocycles. The third-order valence-corrected chi connectivity index (χ3v) is 3.78. The van der Waals surface area contributed by atoms with E-state index in [-0.39, 0.29) is 6.04 Å². The van der Waals surface area contributed by atoms with Crippen LogP contribution in [0.25, 0.3) is 0 Å². The second-order valence-corrected chi connectivity index (χ2v) is 5.47. The molecule has 1 atom stereocenters. The minimum atomic E-state index is 0.152. The summed E-state index contributed by atoms with van der Waals surface area (Å²) < 4.78 is 0. The van der Waals surface area contributed by atoms with Crippen molar-refractivity contribution in [1.29, 1.82) is 0 Å². The number of aromatic nitrogens is 1. The SMILES string of the molecule is NCCC1=NN(c2cccc(Cl)c2)C(c2cccnc2)C1. The molecule has 0 aliphatic carbocycles. The number of pyridine rings is 1. The van der Waals surface area contributed by atoms with Crippen molar-refractivity contribution in [3.05, 3.63) is 59.4 Å². The van der Waals surface area contributed by atoms with Gasteiger partial charge in [0.05, 0.1) is 11.7 Å². The molecule has 0 saturated carbocycles. The predicted octanol–water partition coefficient (Wildman–Crippen LogP) is 3.39. The number of rotatable bonds is 4. The third-order valence-electron chi connectivity index (χ3n) is 3.55. The molecule has 0 bridgehead atoms. The number of benzene rings is 1. The normalized spacial score (nSPS) is 17.9. The molecule has 0 spiro atoms. The average Bonchev–Trinajstić information content (AvgIpc) is 2.93. The molecule has 0 radical (unpaired) electrons. The molecule has 1 aromatic heterocycles. The molecule has 0 amide bonds. The Kier molecular flexibility index (Phi) is 4.18. The van der Waals surface area contributed by atoms with Gasteiger partial charge in [0.1, 0.15) is 0 Å². The highest BCUT2D eigenvalue weighted by molar-refractivity contribution is 6.30. The third kappa shape index (κ3) is 3.06. The molecule has 21 heavy (non-hydrogen) atoms. The smallest absolute Gasteiger partial charge is 0.0843 e. The summed E-state index contributed by atoms with van der Waals surface area (Å²) in [7, 11) is 0. The first-order valence-corrected chi connectivity index (χ1v) is 7.37. The molecule has 2 N–H and O–H groups in total. The van der Waals surface area contributed by atoms with Gasteiger partial charge in [0.25, 0.3) is 0 Å². The Bertz CT molecular complexity index is 642. The number of hydrazone groups is 1. The maximum absolute atomic E-state index is 6.11. The summed E-state index contributed by atoms with van der Waals surface area (Å²) in [5, 5.41) is 7.46. The van der Waals surface area contributed by atoms with Crippen molar-refractivity contribution < 1.29 is 0 Å². The van der Waals surface area contributed by atoms with E-state index in [1.807, 2.05) is 41.5 Å². The second kappa shape index (κ2) is 6.24. The molecule has 2 aromatic rings. The minimum absolute atomic E-state index is 0.152. The van der Waals surface area contributed by atoms with Crippen molar-refractivity contribution in [3.63, 3.8) is 0 Å². The topological polar surface area (TPSA) is 54.5 Å². The first-order valence-electron chi connectivity index (χ1n) is 6.99. The quantitative estimate of drug-likeness (QED) is 0.941. The average molecular weight is 301 g/mol. The van der Waals surface area contributed by atoms with Crippen LogP contribution in [0.2, 0.25) is 5.02 Å². The van der Waals surface area contributed by atoms with Crippen LogP contribution in [-0.4, -0.2) is 17.2 Å². The maximum atomic E-state index is 6.11. The zero-order valence-electron chi connectivity index (χ0n) is 11.6. The van der Waals surface area contributed by atoms with E-state index in [9.17, 15) is 0 Å². The van der Waals surface area contributed by atoms with Gasteiger partial charge >= 0.3 is 0 Å². The number of hydrogen-bond donors (Lipinski definition) is 1. The summed E-state index contributed by atoms with van der Waals surface area (Å²) >= 11 is 6.11. The molecule has 0 fully saturated rings. The summed E-state index contributed by atoms with van der Waals surface area (Å²) in [6, 6.07) is 11.9. The van der Waals surface area contributed by atoms with Crippen molar-refractivity contribution >= 4 is 23.0 Å². The van der Waals surface area contributed by atoms with Crippen LogP contribution in [0.1, 0.15) is 24.4 Å². The highest BCUT2D eigenvalue weighted by atomic mass is 35.5. The van der Waals surface area contributed by atoms with E-state index in [0.29, 0.717) is 11.6 Å². The molecule has 108 valence electrons. The molecular formula is C16H17ClN4. The molecule has 1 aliphatic rings. The van der Waals surface area contributed by atoms with Gasteiger partial charge in [0, 0.05) is 29.5 Å². The Morgan fingerprint density at radius 1 is 1.29 bits per heavy atom. The highest BCUT2D eigenvalue weighted by Crippen LogP contribution is 2.36. The van der Waals surface area contributed by atoms with E-state index in [4.69, 9.17) is 22.4 Å². The summed E-state index contributed by atoms with van der Waals surface area (Å²) in [4.78, 5) is 4.22. The summed E-state index contributed by atoms with van der Waals surface area (Å²) in [5.74, 6) is 0. The maximum Gasteiger partial charge on any atom is 0.0843 e. The lowest BCUT2D eigenvalue weighted by atomic mass is 10.0. The Morgan fingerprint density at radius 3 is 2.90 bits per heavy atom. The van der Waals surface area contributed by atoms with Crippen LogP contribution < -0.4 is 10.7 Å². The first kappa shape index (κ1) is 14.0. The largest absolute Gasteiger partial charge is 0.330 e. The standard InChI is InChI=1S/C16H17ClN4/c17-13-4-1-5-15(9-13)21-16(10-14(20-21)6-7-18)12-3-2-8-19-11-12/h1-5,8-9,11,16H,6-7,10,18H2. The van der Waals surface area contributed by atoms with Crippen molar-refractivity contribution in [1.82, 2.24) is 4.98 Å². The zero-order valence-corrected chi connectivity index (χ0v) is 12.4. The van der Waals surface area contributed by atoms with Gasteiger partial charge < -0.3 is 5.73 Å². The summed E-state index contributed by atoms with van der Waals surface area (Å²) in [5.41, 5.74) is 8.92. The van der Waals surface area contributed by atoms with E-state index >= 15 is 0 Å².